The molecule has 9 nitrogen and oxygen atoms in total. The Labute approximate surface area is 162 Å². The van der Waals surface area contributed by atoms with E-state index in [1.165, 1.54) is 4.31 Å². The summed E-state index contributed by atoms with van der Waals surface area (Å²) < 4.78 is 28.7. The fourth-order valence-electron chi connectivity index (χ4n) is 3.26. The number of piperazine rings is 1. The van der Waals surface area contributed by atoms with Crippen LogP contribution in [-0.2, 0) is 15.0 Å². The molecule has 27 heavy (non-hydrogen) atoms. The Bertz CT molecular complexity index is 594. The van der Waals surface area contributed by atoms with Crippen LogP contribution in [0.1, 0.15) is 39.5 Å². The van der Waals surface area contributed by atoms with Crippen LogP contribution < -0.4 is 10.6 Å². The summed E-state index contributed by atoms with van der Waals surface area (Å²) in [6.45, 7) is 7.42. The third-order valence-electron chi connectivity index (χ3n) is 4.84. The Balaban J connectivity index is 1.76. The number of carbonyl (C=O) groups is 2. The molecule has 0 aliphatic carbocycles. The molecule has 0 atom stereocenters. The van der Waals surface area contributed by atoms with E-state index in [4.69, 9.17) is 0 Å². The van der Waals surface area contributed by atoms with Gasteiger partial charge in [0, 0.05) is 45.8 Å². The van der Waals surface area contributed by atoms with Crippen LogP contribution >= 0.6 is 0 Å². The smallest absolute Gasteiger partial charge is 0.321 e. The number of amides is 3. The van der Waals surface area contributed by atoms with E-state index >= 15 is 0 Å². The van der Waals surface area contributed by atoms with Gasteiger partial charge in [0.25, 0.3) is 10.2 Å². The molecule has 2 rings (SSSR count). The first-order valence-electron chi connectivity index (χ1n) is 9.84. The van der Waals surface area contributed by atoms with Gasteiger partial charge in [-0.05, 0) is 18.8 Å². The summed E-state index contributed by atoms with van der Waals surface area (Å²) in [5.74, 6) is -0.0647. The van der Waals surface area contributed by atoms with Gasteiger partial charge in [-0.3, -0.25) is 15.0 Å². The molecular weight excluding hydrogens is 370 g/mol. The van der Waals surface area contributed by atoms with Crippen LogP contribution in [0.3, 0.4) is 0 Å². The minimum atomic E-state index is -3.42. The summed E-state index contributed by atoms with van der Waals surface area (Å²) >= 11 is 0. The third kappa shape index (κ3) is 7.02. The van der Waals surface area contributed by atoms with Crippen molar-refractivity contribution >= 4 is 22.1 Å². The van der Waals surface area contributed by atoms with Crippen molar-refractivity contribution in [2.45, 2.75) is 39.5 Å². The minimum Gasteiger partial charge on any atom is -0.338 e. The monoisotopic (exact) mass is 403 g/mol. The molecule has 0 aromatic heterocycles. The molecule has 0 bridgehead atoms. The second kappa shape index (κ2) is 10.4. The van der Waals surface area contributed by atoms with Crippen LogP contribution in [0, 0.1) is 5.92 Å². The number of rotatable bonds is 6. The van der Waals surface area contributed by atoms with Crippen molar-refractivity contribution in [1.82, 2.24) is 24.1 Å². The average molecular weight is 404 g/mol. The van der Waals surface area contributed by atoms with Crippen LogP contribution in [0.4, 0.5) is 4.79 Å². The molecule has 2 heterocycles. The van der Waals surface area contributed by atoms with Crippen molar-refractivity contribution in [1.29, 1.82) is 0 Å². The van der Waals surface area contributed by atoms with Gasteiger partial charge >= 0.3 is 6.03 Å². The first-order chi connectivity index (χ1) is 12.8. The van der Waals surface area contributed by atoms with Crippen molar-refractivity contribution in [2.24, 2.45) is 5.92 Å². The molecule has 156 valence electrons. The average Bonchev–Trinajstić information content (AvgIpc) is 2.90. The van der Waals surface area contributed by atoms with Crippen LogP contribution in [0.25, 0.3) is 0 Å². The van der Waals surface area contributed by atoms with E-state index in [9.17, 15) is 18.0 Å². The van der Waals surface area contributed by atoms with Crippen molar-refractivity contribution < 1.29 is 18.0 Å². The zero-order chi connectivity index (χ0) is 19.9. The molecule has 0 aromatic rings. The second-order valence-corrected chi connectivity index (χ2v) is 9.58. The summed E-state index contributed by atoms with van der Waals surface area (Å²) in [6.07, 6.45) is 4.00. The highest BCUT2D eigenvalue weighted by atomic mass is 32.2. The van der Waals surface area contributed by atoms with Crippen LogP contribution in [0.5, 0.6) is 0 Å². The molecule has 0 unspecified atom stereocenters. The summed E-state index contributed by atoms with van der Waals surface area (Å²) in [5.41, 5.74) is 0. The van der Waals surface area contributed by atoms with E-state index < -0.39 is 16.2 Å². The highest BCUT2D eigenvalue weighted by Crippen LogP contribution is 2.17. The molecule has 3 amide bonds. The maximum absolute atomic E-state index is 12.8. The van der Waals surface area contributed by atoms with Crippen molar-refractivity contribution in [3.63, 3.8) is 0 Å². The Morgan fingerprint density at radius 2 is 1.44 bits per heavy atom. The quantitative estimate of drug-likeness (QED) is 0.660. The van der Waals surface area contributed by atoms with Crippen molar-refractivity contribution in [2.75, 3.05) is 52.4 Å². The van der Waals surface area contributed by atoms with E-state index in [2.05, 4.69) is 10.6 Å². The normalized spacial score (nSPS) is 21.0. The van der Waals surface area contributed by atoms with Gasteiger partial charge in [-0.25, -0.2) is 4.79 Å². The molecule has 10 heteroatoms. The number of nitrogens with zero attached hydrogens (tertiary/aromatic N) is 3. The SMILES string of the molecule is CC(C)CNC(=O)NC(=O)CN1CCN(S(=O)(=O)N2CCCCCC2)CC1. The van der Waals surface area contributed by atoms with Gasteiger partial charge in [-0.15, -0.1) is 0 Å². The number of nitrogens with one attached hydrogen (secondary N) is 2. The zero-order valence-electron chi connectivity index (χ0n) is 16.4. The number of hydrogen-bond donors (Lipinski definition) is 2. The van der Waals surface area contributed by atoms with Gasteiger partial charge in [0.1, 0.15) is 0 Å². The Hall–Kier alpha value is -1.23. The lowest BCUT2D eigenvalue weighted by atomic mass is 10.2. The minimum absolute atomic E-state index is 0.0900. The Kier molecular flexibility index (Phi) is 8.46. The fourth-order valence-corrected chi connectivity index (χ4v) is 4.94. The molecule has 2 saturated heterocycles. The largest absolute Gasteiger partial charge is 0.338 e. The van der Waals surface area contributed by atoms with Crippen molar-refractivity contribution in [3.05, 3.63) is 0 Å². The molecular formula is C17H33N5O4S. The molecule has 2 aliphatic rings. The van der Waals surface area contributed by atoms with Crippen LogP contribution in [-0.4, -0.2) is 86.2 Å². The highest BCUT2D eigenvalue weighted by Gasteiger charge is 2.32. The summed E-state index contributed by atoms with van der Waals surface area (Å²) in [5, 5.41) is 4.95. The standard InChI is InChI=1S/C17H33N5O4S/c1-15(2)13-18-17(24)19-16(23)14-20-9-11-22(12-10-20)27(25,26)21-7-5-3-4-6-8-21/h15H,3-14H2,1-2H3,(H2,18,19,23,24). The molecule has 2 N–H and O–H groups in total. The molecule has 2 aliphatic heterocycles. The lowest BCUT2D eigenvalue weighted by molar-refractivity contribution is -0.121. The van der Waals surface area contributed by atoms with Gasteiger partial charge in [-0.1, -0.05) is 26.7 Å². The van der Waals surface area contributed by atoms with Crippen molar-refractivity contribution in [3.8, 4) is 0 Å². The van der Waals surface area contributed by atoms with E-state index in [0.717, 1.165) is 25.7 Å². The third-order valence-corrected chi connectivity index (χ3v) is 6.88. The molecule has 2 fully saturated rings. The number of urea groups is 1. The Morgan fingerprint density at radius 1 is 0.889 bits per heavy atom. The predicted octanol–water partition coefficient (Wildman–Crippen LogP) is 0.207. The first-order valence-corrected chi connectivity index (χ1v) is 11.2. The van der Waals surface area contributed by atoms with Gasteiger partial charge < -0.3 is 5.32 Å². The summed E-state index contributed by atoms with van der Waals surface area (Å²) in [7, 11) is -3.42. The summed E-state index contributed by atoms with van der Waals surface area (Å²) in [6, 6.07) is -0.490. The van der Waals surface area contributed by atoms with E-state index in [1.807, 2.05) is 18.7 Å². The van der Waals surface area contributed by atoms with E-state index in [0.29, 0.717) is 51.7 Å². The lowest BCUT2D eigenvalue weighted by Crippen LogP contribution is -2.55. The van der Waals surface area contributed by atoms with Gasteiger partial charge in [0.05, 0.1) is 6.54 Å². The number of hydrogen-bond acceptors (Lipinski definition) is 5. The Morgan fingerprint density at radius 3 is 2.00 bits per heavy atom. The molecule has 0 aromatic carbocycles. The number of imide groups is 1. The highest BCUT2D eigenvalue weighted by molar-refractivity contribution is 7.86. The van der Waals surface area contributed by atoms with Gasteiger partial charge in [0.15, 0.2) is 0 Å². The second-order valence-electron chi connectivity index (χ2n) is 7.65. The lowest BCUT2D eigenvalue weighted by Gasteiger charge is -2.36. The molecule has 0 saturated carbocycles. The van der Waals surface area contributed by atoms with E-state index in [-0.39, 0.29) is 12.5 Å². The van der Waals surface area contributed by atoms with Crippen LogP contribution in [0.15, 0.2) is 0 Å². The van der Waals surface area contributed by atoms with Gasteiger partial charge in [-0.2, -0.15) is 17.0 Å². The topological polar surface area (TPSA) is 102 Å². The van der Waals surface area contributed by atoms with Crippen LogP contribution in [0.2, 0.25) is 0 Å². The molecule has 0 radical (unpaired) electrons. The maximum Gasteiger partial charge on any atom is 0.321 e. The zero-order valence-corrected chi connectivity index (χ0v) is 17.3. The van der Waals surface area contributed by atoms with E-state index in [1.54, 1.807) is 4.31 Å². The van der Waals surface area contributed by atoms with Gasteiger partial charge in [0.2, 0.25) is 5.91 Å². The maximum atomic E-state index is 12.8. The number of carbonyl (C=O) groups excluding carboxylic acids is 2. The fraction of sp³-hybridized carbons (Fsp3) is 0.882. The summed E-state index contributed by atoms with van der Waals surface area (Å²) in [4.78, 5) is 25.5. The first kappa shape index (κ1) is 22.1. The molecule has 0 spiro atoms. The predicted molar refractivity (Wildman–Crippen MR) is 103 cm³/mol.